The number of aliphatic hydroxyl groups is 2. The first kappa shape index (κ1) is 26.7. The number of primary amides is 2. The standard InChI is InChI=1S/C15H26N6O9/c1-5(23)11(21-12(26)6(16)4-22)14(28)19-7(2-9(17)24)13(27)20-8(15(29)30)3-10(18)25/h5-8,11,22-23H,2-4,16H2,1H3,(H2,17,24)(H2,18,25)(H,19,28)(H,20,27)(H,21,26)(H,29,30). The molecule has 0 aromatic heterocycles. The molecule has 15 heteroatoms. The van der Waals surface area contributed by atoms with Crippen molar-refractivity contribution in [3.8, 4) is 0 Å². The van der Waals surface area contributed by atoms with E-state index in [-0.39, 0.29) is 0 Å². The highest BCUT2D eigenvalue weighted by atomic mass is 16.4. The molecule has 170 valence electrons. The van der Waals surface area contributed by atoms with Gasteiger partial charge in [-0.2, -0.15) is 0 Å². The Kier molecular flexibility index (Phi) is 10.9. The van der Waals surface area contributed by atoms with Gasteiger partial charge in [0, 0.05) is 0 Å². The van der Waals surface area contributed by atoms with E-state index in [2.05, 4.69) is 10.6 Å². The SMILES string of the molecule is CC(O)C(NC(=O)C(N)CO)C(=O)NC(CC(N)=O)C(=O)NC(CC(N)=O)C(=O)O. The van der Waals surface area contributed by atoms with Crippen molar-refractivity contribution < 1.29 is 44.1 Å². The third-order valence-corrected chi connectivity index (χ3v) is 3.65. The first-order valence-electron chi connectivity index (χ1n) is 8.55. The molecular weight excluding hydrogens is 408 g/mol. The number of nitrogens with two attached hydrogens (primary N) is 3. The molecule has 0 rings (SSSR count). The molecule has 0 bridgehead atoms. The van der Waals surface area contributed by atoms with Gasteiger partial charge in [0.05, 0.1) is 25.6 Å². The molecule has 0 aliphatic rings. The Morgan fingerprint density at radius 1 is 0.833 bits per heavy atom. The van der Waals surface area contributed by atoms with Crippen molar-refractivity contribution in [3.63, 3.8) is 0 Å². The highest BCUT2D eigenvalue weighted by molar-refractivity contribution is 5.96. The molecule has 30 heavy (non-hydrogen) atoms. The van der Waals surface area contributed by atoms with Gasteiger partial charge in [-0.15, -0.1) is 0 Å². The summed E-state index contributed by atoms with van der Waals surface area (Å²) in [5.74, 6) is -6.97. The summed E-state index contributed by atoms with van der Waals surface area (Å²) >= 11 is 0. The first-order chi connectivity index (χ1) is 13.8. The van der Waals surface area contributed by atoms with Crippen molar-refractivity contribution in [2.24, 2.45) is 17.2 Å². The smallest absolute Gasteiger partial charge is 0.326 e. The highest BCUT2D eigenvalue weighted by Crippen LogP contribution is 2.01. The van der Waals surface area contributed by atoms with E-state index in [9.17, 15) is 33.9 Å². The summed E-state index contributed by atoms with van der Waals surface area (Å²) in [6.45, 7) is 0.384. The topological polar surface area (TPSA) is 277 Å². The zero-order valence-corrected chi connectivity index (χ0v) is 16.0. The molecule has 12 N–H and O–H groups in total. The summed E-state index contributed by atoms with van der Waals surface area (Å²) in [4.78, 5) is 69.8. The lowest BCUT2D eigenvalue weighted by Crippen LogP contribution is -2.60. The predicted octanol–water partition coefficient (Wildman–Crippen LogP) is -6.02. The molecule has 0 saturated carbocycles. The monoisotopic (exact) mass is 434 g/mol. The van der Waals surface area contributed by atoms with E-state index in [4.69, 9.17) is 27.4 Å². The molecule has 5 amide bonds. The Morgan fingerprint density at radius 2 is 1.30 bits per heavy atom. The normalized spacial score (nSPS) is 15.6. The molecular formula is C15H26N6O9. The summed E-state index contributed by atoms with van der Waals surface area (Å²) in [6.07, 6.45) is -3.01. The van der Waals surface area contributed by atoms with E-state index in [1.807, 2.05) is 5.32 Å². The number of carbonyl (C=O) groups is 6. The van der Waals surface area contributed by atoms with E-state index in [0.29, 0.717) is 0 Å². The fraction of sp³-hybridized carbons (Fsp3) is 0.600. The Bertz CT molecular complexity index is 684. The Hall–Kier alpha value is -3.30. The minimum absolute atomic E-state index is 0.747. The predicted molar refractivity (Wildman–Crippen MR) is 97.8 cm³/mol. The van der Waals surface area contributed by atoms with Gasteiger partial charge in [0.15, 0.2) is 0 Å². The Morgan fingerprint density at radius 3 is 1.70 bits per heavy atom. The first-order valence-corrected chi connectivity index (χ1v) is 8.55. The Balaban J connectivity index is 5.45. The summed E-state index contributed by atoms with van der Waals surface area (Å²) in [7, 11) is 0. The van der Waals surface area contributed by atoms with Gasteiger partial charge in [0.2, 0.25) is 29.5 Å². The van der Waals surface area contributed by atoms with Crippen molar-refractivity contribution >= 4 is 35.5 Å². The van der Waals surface area contributed by atoms with Crippen LogP contribution in [0.5, 0.6) is 0 Å². The molecule has 5 atom stereocenters. The summed E-state index contributed by atoms with van der Waals surface area (Å²) in [5.41, 5.74) is 15.2. The summed E-state index contributed by atoms with van der Waals surface area (Å²) < 4.78 is 0. The number of hydrogen-bond acceptors (Lipinski definition) is 9. The molecule has 0 aliphatic heterocycles. The van der Waals surface area contributed by atoms with Gasteiger partial charge in [0.25, 0.3) is 0 Å². The average molecular weight is 434 g/mol. The molecule has 0 saturated heterocycles. The zero-order valence-electron chi connectivity index (χ0n) is 16.0. The van der Waals surface area contributed by atoms with Gasteiger partial charge >= 0.3 is 5.97 Å². The van der Waals surface area contributed by atoms with Crippen LogP contribution < -0.4 is 33.2 Å². The molecule has 0 heterocycles. The summed E-state index contributed by atoms with van der Waals surface area (Å²) in [5, 5.41) is 33.7. The minimum Gasteiger partial charge on any atom is -0.480 e. The minimum atomic E-state index is -1.74. The van der Waals surface area contributed by atoms with E-state index in [0.717, 1.165) is 6.92 Å². The van der Waals surface area contributed by atoms with E-state index >= 15 is 0 Å². The molecule has 15 nitrogen and oxygen atoms in total. The molecule has 0 aromatic carbocycles. The number of carboxylic acids is 1. The fourth-order valence-corrected chi connectivity index (χ4v) is 2.09. The lowest BCUT2D eigenvalue weighted by Gasteiger charge is -2.25. The van der Waals surface area contributed by atoms with Crippen LogP contribution >= 0.6 is 0 Å². The second kappa shape index (κ2) is 12.3. The summed E-state index contributed by atoms with van der Waals surface area (Å²) in [6, 6.07) is -6.47. The van der Waals surface area contributed by atoms with Crippen LogP contribution in [0.15, 0.2) is 0 Å². The van der Waals surface area contributed by atoms with Gasteiger partial charge in [0.1, 0.15) is 24.2 Å². The maximum Gasteiger partial charge on any atom is 0.326 e. The number of nitrogens with one attached hydrogen (secondary N) is 3. The van der Waals surface area contributed by atoms with Crippen molar-refractivity contribution in [1.82, 2.24) is 16.0 Å². The third kappa shape index (κ3) is 9.26. The fourth-order valence-electron chi connectivity index (χ4n) is 2.09. The van der Waals surface area contributed by atoms with Crippen LogP contribution in [0.3, 0.4) is 0 Å². The second-order valence-corrected chi connectivity index (χ2v) is 6.32. The molecule has 5 unspecified atom stereocenters. The van der Waals surface area contributed by atoms with Crippen LogP contribution in [-0.4, -0.2) is 87.7 Å². The van der Waals surface area contributed by atoms with Gasteiger partial charge in [-0.3, -0.25) is 24.0 Å². The van der Waals surface area contributed by atoms with Gasteiger partial charge in [-0.25, -0.2) is 4.79 Å². The largest absolute Gasteiger partial charge is 0.480 e. The van der Waals surface area contributed by atoms with Crippen LogP contribution in [0.1, 0.15) is 19.8 Å². The van der Waals surface area contributed by atoms with Crippen LogP contribution in [0, 0.1) is 0 Å². The molecule has 0 spiro atoms. The highest BCUT2D eigenvalue weighted by Gasteiger charge is 2.33. The number of rotatable bonds is 13. The Labute approximate surface area is 170 Å². The number of carboxylic acid groups (broad SMARTS) is 1. The van der Waals surface area contributed by atoms with Gasteiger partial charge in [-0.05, 0) is 6.92 Å². The maximum atomic E-state index is 12.4. The molecule has 0 fully saturated rings. The third-order valence-electron chi connectivity index (χ3n) is 3.65. The lowest BCUT2D eigenvalue weighted by molar-refractivity contribution is -0.144. The van der Waals surface area contributed by atoms with Crippen molar-refractivity contribution in [3.05, 3.63) is 0 Å². The van der Waals surface area contributed by atoms with Gasteiger partial charge in [-0.1, -0.05) is 0 Å². The van der Waals surface area contributed by atoms with E-state index in [1.54, 1.807) is 0 Å². The number of aliphatic carboxylic acids is 1. The molecule has 0 aromatic rings. The van der Waals surface area contributed by atoms with Crippen LogP contribution in [0.25, 0.3) is 0 Å². The average Bonchev–Trinajstić information content (AvgIpc) is 2.62. The van der Waals surface area contributed by atoms with Crippen molar-refractivity contribution in [1.29, 1.82) is 0 Å². The van der Waals surface area contributed by atoms with E-state index in [1.165, 1.54) is 0 Å². The van der Waals surface area contributed by atoms with Crippen molar-refractivity contribution in [2.45, 2.75) is 50.0 Å². The van der Waals surface area contributed by atoms with Crippen LogP contribution in [0.2, 0.25) is 0 Å². The number of aliphatic hydroxyl groups excluding tert-OH is 2. The maximum absolute atomic E-state index is 12.4. The molecule has 0 aliphatic carbocycles. The van der Waals surface area contributed by atoms with Crippen LogP contribution in [-0.2, 0) is 28.8 Å². The number of hydrogen-bond donors (Lipinski definition) is 9. The number of carbonyl (C=O) groups excluding carboxylic acids is 5. The lowest BCUT2D eigenvalue weighted by atomic mass is 10.1. The van der Waals surface area contributed by atoms with E-state index < -0.39 is 85.2 Å². The quantitative estimate of drug-likeness (QED) is 0.132. The second-order valence-electron chi connectivity index (χ2n) is 6.32. The molecule has 0 radical (unpaired) electrons. The van der Waals surface area contributed by atoms with Crippen molar-refractivity contribution in [2.75, 3.05) is 6.61 Å². The number of amides is 5. The van der Waals surface area contributed by atoms with Gasteiger partial charge < -0.3 is 48.5 Å². The zero-order chi connectivity index (χ0) is 23.6. The van der Waals surface area contributed by atoms with Crippen LogP contribution in [0.4, 0.5) is 0 Å².